The van der Waals surface area contributed by atoms with E-state index in [9.17, 15) is 14.4 Å². The van der Waals surface area contributed by atoms with Crippen LogP contribution in [0.25, 0.3) is 0 Å². The van der Waals surface area contributed by atoms with Crippen LogP contribution in [0.5, 0.6) is 0 Å². The summed E-state index contributed by atoms with van der Waals surface area (Å²) in [6.45, 7) is 6.56. The molecule has 0 aliphatic carbocycles. The molecule has 0 aromatic rings. The van der Waals surface area contributed by atoms with Crippen LogP contribution < -0.4 is 0 Å². The predicted molar refractivity (Wildman–Crippen MR) is 256 cm³/mol. The Balaban J connectivity index is 4.41. The van der Waals surface area contributed by atoms with Gasteiger partial charge in [0.05, 0.1) is 0 Å². The maximum absolute atomic E-state index is 12.8. The number of hydrogen-bond acceptors (Lipinski definition) is 6. The largest absolute Gasteiger partial charge is 0.462 e. The second kappa shape index (κ2) is 49.0. The molecule has 1 atom stereocenters. The van der Waals surface area contributed by atoms with Gasteiger partial charge in [0.2, 0.25) is 0 Å². The van der Waals surface area contributed by atoms with E-state index in [0.29, 0.717) is 19.3 Å². The summed E-state index contributed by atoms with van der Waals surface area (Å²) < 4.78 is 16.8. The Labute approximate surface area is 371 Å². The minimum Gasteiger partial charge on any atom is -0.462 e. The van der Waals surface area contributed by atoms with E-state index in [0.717, 1.165) is 96.3 Å². The molecule has 0 spiro atoms. The van der Waals surface area contributed by atoms with Gasteiger partial charge in [0.25, 0.3) is 0 Å². The number of carbonyl (C=O) groups is 3. The van der Waals surface area contributed by atoms with Crippen LogP contribution in [0.15, 0.2) is 48.6 Å². The van der Waals surface area contributed by atoms with Crippen molar-refractivity contribution in [2.45, 2.75) is 264 Å². The number of unbranched alkanes of at least 4 members (excludes halogenated alkanes) is 27. The van der Waals surface area contributed by atoms with Crippen molar-refractivity contribution in [1.82, 2.24) is 0 Å². The first-order valence-electron chi connectivity index (χ1n) is 25.6. The Morgan fingerprint density at radius 3 is 1.00 bits per heavy atom. The third-order valence-electron chi connectivity index (χ3n) is 11.0. The summed E-state index contributed by atoms with van der Waals surface area (Å²) >= 11 is 0. The van der Waals surface area contributed by atoms with Crippen molar-refractivity contribution >= 4 is 17.9 Å². The highest BCUT2D eigenvalue weighted by molar-refractivity contribution is 5.71. The van der Waals surface area contributed by atoms with Crippen molar-refractivity contribution in [3.8, 4) is 0 Å². The Kier molecular flexibility index (Phi) is 46.9. The molecular formula is C54H96O6. The Morgan fingerprint density at radius 2 is 0.617 bits per heavy atom. The lowest BCUT2D eigenvalue weighted by Gasteiger charge is -2.18. The average molecular weight is 841 g/mol. The predicted octanol–water partition coefficient (Wildman–Crippen LogP) is 16.7. The smallest absolute Gasteiger partial charge is 0.306 e. The van der Waals surface area contributed by atoms with E-state index in [4.69, 9.17) is 14.2 Å². The standard InChI is InChI=1S/C54H96O6/c1-4-7-10-13-16-19-22-25-27-30-32-35-38-41-44-47-53(56)59-50-51(49-58-52(55)46-43-40-37-34-31-28-24-21-18-15-12-9-6-3)60-54(57)48-45-42-39-36-33-29-26-23-20-17-14-11-8-5-2/h14,17,21,23-27,51H,4-13,15-16,18-20,22,28-50H2,1-3H3/b17-14-,24-21-,26-23-,27-25-/t51-/m1/s1. The molecule has 0 aliphatic heterocycles. The SMILES string of the molecule is CCCC/C=C\C/C=C\CCCCCCCC(=O)O[C@H](COC(=O)CCCCCCC/C=C\CCCCCC)COC(=O)CCCCCCC/C=C\CCCCCCCC. The maximum atomic E-state index is 12.8. The molecular weight excluding hydrogens is 745 g/mol. The third-order valence-corrected chi connectivity index (χ3v) is 11.0. The zero-order valence-corrected chi connectivity index (χ0v) is 39.7. The number of carbonyl (C=O) groups excluding carboxylic acids is 3. The number of allylic oxidation sites excluding steroid dienone is 8. The summed E-state index contributed by atoms with van der Waals surface area (Å²) in [7, 11) is 0. The van der Waals surface area contributed by atoms with E-state index >= 15 is 0 Å². The van der Waals surface area contributed by atoms with Crippen molar-refractivity contribution < 1.29 is 28.6 Å². The third kappa shape index (κ3) is 46.4. The number of esters is 3. The van der Waals surface area contributed by atoms with Crippen molar-refractivity contribution in [2.24, 2.45) is 0 Å². The van der Waals surface area contributed by atoms with Crippen LogP contribution >= 0.6 is 0 Å². The minimum atomic E-state index is -0.785. The Hall–Kier alpha value is -2.63. The topological polar surface area (TPSA) is 78.9 Å². The fourth-order valence-corrected chi connectivity index (χ4v) is 7.09. The lowest BCUT2D eigenvalue weighted by atomic mass is 10.1. The van der Waals surface area contributed by atoms with Crippen LogP contribution in [0.4, 0.5) is 0 Å². The molecule has 0 unspecified atom stereocenters. The molecule has 0 aromatic heterocycles. The zero-order valence-electron chi connectivity index (χ0n) is 39.7. The first-order chi connectivity index (χ1) is 29.5. The highest BCUT2D eigenvalue weighted by atomic mass is 16.6. The molecule has 6 heteroatoms. The first kappa shape index (κ1) is 57.4. The van der Waals surface area contributed by atoms with E-state index in [1.54, 1.807) is 0 Å². The monoisotopic (exact) mass is 841 g/mol. The van der Waals surface area contributed by atoms with Gasteiger partial charge in [-0.1, -0.05) is 191 Å². The normalized spacial score (nSPS) is 12.4. The summed E-state index contributed by atoms with van der Waals surface area (Å²) in [6.07, 6.45) is 58.0. The average Bonchev–Trinajstić information content (AvgIpc) is 3.24. The van der Waals surface area contributed by atoms with Gasteiger partial charge in [-0.15, -0.1) is 0 Å². The van der Waals surface area contributed by atoms with Crippen molar-refractivity contribution in [1.29, 1.82) is 0 Å². The van der Waals surface area contributed by atoms with Gasteiger partial charge in [0, 0.05) is 19.3 Å². The van der Waals surface area contributed by atoms with Crippen molar-refractivity contribution in [3.63, 3.8) is 0 Å². The van der Waals surface area contributed by atoms with Crippen LogP contribution in [0.3, 0.4) is 0 Å². The summed E-state index contributed by atoms with van der Waals surface area (Å²) in [5.74, 6) is -0.911. The molecule has 0 aliphatic rings. The fraction of sp³-hybridized carbons (Fsp3) is 0.796. The van der Waals surface area contributed by atoms with Gasteiger partial charge in [0.1, 0.15) is 13.2 Å². The molecule has 0 bridgehead atoms. The number of rotatable bonds is 46. The molecule has 0 heterocycles. The second-order valence-corrected chi connectivity index (χ2v) is 17.1. The second-order valence-electron chi connectivity index (χ2n) is 17.1. The molecule has 0 aromatic carbocycles. The summed E-state index contributed by atoms with van der Waals surface area (Å²) in [5, 5.41) is 0. The molecule has 348 valence electrons. The number of ether oxygens (including phenoxy) is 3. The highest BCUT2D eigenvalue weighted by Gasteiger charge is 2.19. The van der Waals surface area contributed by atoms with Gasteiger partial charge in [0.15, 0.2) is 6.10 Å². The zero-order chi connectivity index (χ0) is 43.7. The van der Waals surface area contributed by atoms with Crippen LogP contribution in [0.1, 0.15) is 258 Å². The van der Waals surface area contributed by atoms with E-state index in [1.165, 1.54) is 122 Å². The summed E-state index contributed by atoms with van der Waals surface area (Å²) in [6, 6.07) is 0. The Morgan fingerprint density at radius 1 is 0.333 bits per heavy atom. The Bertz CT molecular complexity index is 1060. The van der Waals surface area contributed by atoms with Crippen LogP contribution in [0, 0.1) is 0 Å². The van der Waals surface area contributed by atoms with Gasteiger partial charge in [-0.05, 0) is 96.3 Å². The summed E-state index contributed by atoms with van der Waals surface area (Å²) in [5.41, 5.74) is 0. The minimum absolute atomic E-state index is 0.0852. The van der Waals surface area contributed by atoms with E-state index in [-0.39, 0.29) is 31.1 Å². The maximum Gasteiger partial charge on any atom is 0.306 e. The van der Waals surface area contributed by atoms with E-state index in [2.05, 4.69) is 69.4 Å². The molecule has 6 nitrogen and oxygen atoms in total. The lowest BCUT2D eigenvalue weighted by Crippen LogP contribution is -2.30. The van der Waals surface area contributed by atoms with Crippen LogP contribution in [0.2, 0.25) is 0 Å². The summed E-state index contributed by atoms with van der Waals surface area (Å²) in [4.78, 5) is 37.9. The van der Waals surface area contributed by atoms with E-state index < -0.39 is 6.10 Å². The van der Waals surface area contributed by atoms with Gasteiger partial charge < -0.3 is 14.2 Å². The molecule has 0 saturated heterocycles. The number of hydrogen-bond donors (Lipinski definition) is 0. The van der Waals surface area contributed by atoms with Gasteiger partial charge in [-0.25, -0.2) is 0 Å². The molecule has 0 rings (SSSR count). The molecule has 0 saturated carbocycles. The van der Waals surface area contributed by atoms with Crippen molar-refractivity contribution in [3.05, 3.63) is 48.6 Å². The fourth-order valence-electron chi connectivity index (χ4n) is 7.09. The first-order valence-corrected chi connectivity index (χ1v) is 25.6. The van der Waals surface area contributed by atoms with Crippen molar-refractivity contribution in [2.75, 3.05) is 13.2 Å². The van der Waals surface area contributed by atoms with Gasteiger partial charge in [-0.3, -0.25) is 14.4 Å². The molecule has 0 fully saturated rings. The van der Waals surface area contributed by atoms with Gasteiger partial charge >= 0.3 is 17.9 Å². The molecule has 60 heavy (non-hydrogen) atoms. The highest BCUT2D eigenvalue weighted by Crippen LogP contribution is 2.14. The lowest BCUT2D eigenvalue weighted by molar-refractivity contribution is -0.167. The molecule has 0 N–H and O–H groups in total. The quantitative estimate of drug-likeness (QED) is 0.0263. The van der Waals surface area contributed by atoms with Crippen LogP contribution in [-0.4, -0.2) is 37.2 Å². The van der Waals surface area contributed by atoms with Gasteiger partial charge in [-0.2, -0.15) is 0 Å². The van der Waals surface area contributed by atoms with Crippen LogP contribution in [-0.2, 0) is 28.6 Å². The molecule has 0 amide bonds. The van der Waals surface area contributed by atoms with E-state index in [1.807, 2.05) is 0 Å². The molecule has 0 radical (unpaired) electrons.